The van der Waals surface area contributed by atoms with E-state index in [0.717, 1.165) is 12.8 Å². The second-order valence-electron chi connectivity index (χ2n) is 3.27. The summed E-state index contributed by atoms with van der Waals surface area (Å²) in [6, 6.07) is 0. The Hall–Kier alpha value is -0.710. The molecule has 0 bridgehead atoms. The molecule has 4 nitrogen and oxygen atoms in total. The van der Waals surface area contributed by atoms with Crippen LogP contribution in [0.25, 0.3) is 0 Å². The molecule has 0 saturated carbocycles. The van der Waals surface area contributed by atoms with Gasteiger partial charge in [-0.25, -0.2) is 4.79 Å². The van der Waals surface area contributed by atoms with Gasteiger partial charge in [-0.15, -0.1) is 0 Å². The number of ether oxygens (including phenoxy) is 1. The molecule has 1 amide bonds. The smallest absolute Gasteiger partial charge is 0.396 e. The van der Waals surface area contributed by atoms with E-state index >= 15 is 0 Å². The average molecular weight is 233 g/mol. The van der Waals surface area contributed by atoms with Crippen LogP contribution in [0.2, 0.25) is 0 Å². The minimum atomic E-state index is -0.836. The summed E-state index contributed by atoms with van der Waals surface area (Å²) in [5.74, 6) is -1.50. The van der Waals surface area contributed by atoms with Gasteiger partial charge in [0.05, 0.1) is 7.11 Å². The van der Waals surface area contributed by atoms with Crippen LogP contribution in [-0.2, 0) is 14.3 Å². The molecule has 0 aliphatic carbocycles. The second-order valence-corrected chi connectivity index (χ2v) is 4.54. The summed E-state index contributed by atoms with van der Waals surface area (Å²) < 4.78 is 4.34. The van der Waals surface area contributed by atoms with E-state index in [1.54, 1.807) is 11.8 Å². The summed E-state index contributed by atoms with van der Waals surface area (Å²) in [5.41, 5.74) is 0. The molecule has 0 aliphatic rings. The molecule has 0 aliphatic heterocycles. The fraction of sp³-hybridized carbons (Fsp3) is 0.800. The third-order valence-corrected chi connectivity index (χ3v) is 4.25. The normalized spacial score (nSPS) is 10.9. The fourth-order valence-electron chi connectivity index (χ4n) is 1.27. The largest absolute Gasteiger partial charge is 0.462 e. The van der Waals surface area contributed by atoms with Gasteiger partial charge in [0, 0.05) is 11.3 Å². The highest BCUT2D eigenvalue weighted by molar-refractivity contribution is 8.00. The van der Waals surface area contributed by atoms with Crippen LogP contribution in [0.5, 0.6) is 0 Å². The maximum Gasteiger partial charge on any atom is 0.396 e. The van der Waals surface area contributed by atoms with Gasteiger partial charge in [0.2, 0.25) is 0 Å². The van der Waals surface area contributed by atoms with Crippen molar-refractivity contribution in [2.75, 3.05) is 19.9 Å². The van der Waals surface area contributed by atoms with Crippen LogP contribution in [0, 0.1) is 0 Å². The molecule has 0 aromatic heterocycles. The van der Waals surface area contributed by atoms with E-state index in [4.69, 9.17) is 0 Å². The van der Waals surface area contributed by atoms with Gasteiger partial charge in [0.25, 0.3) is 0 Å². The molecular weight excluding hydrogens is 214 g/mol. The first-order chi connectivity index (χ1) is 7.05. The highest BCUT2D eigenvalue weighted by Crippen LogP contribution is 2.29. The summed E-state index contributed by atoms with van der Waals surface area (Å²) in [5, 5.41) is 2.59. The van der Waals surface area contributed by atoms with Crippen LogP contribution >= 0.6 is 11.8 Å². The van der Waals surface area contributed by atoms with Crippen molar-refractivity contribution in [1.82, 2.24) is 5.32 Å². The fourth-order valence-corrected chi connectivity index (χ4v) is 2.06. The second kappa shape index (κ2) is 6.71. The Balaban J connectivity index is 4.22. The third-order valence-electron chi connectivity index (χ3n) is 2.66. The van der Waals surface area contributed by atoms with Crippen molar-refractivity contribution >= 4 is 23.6 Å². The minimum absolute atomic E-state index is 0.0175. The maximum atomic E-state index is 11.2. The van der Waals surface area contributed by atoms with Crippen LogP contribution in [-0.4, -0.2) is 36.5 Å². The van der Waals surface area contributed by atoms with E-state index in [9.17, 15) is 9.59 Å². The molecule has 0 saturated heterocycles. The predicted octanol–water partition coefficient (Wildman–Crippen LogP) is 1.20. The van der Waals surface area contributed by atoms with Gasteiger partial charge >= 0.3 is 11.9 Å². The molecule has 0 heterocycles. The van der Waals surface area contributed by atoms with Gasteiger partial charge in [-0.3, -0.25) is 4.79 Å². The highest BCUT2D eigenvalue weighted by Gasteiger charge is 2.26. The van der Waals surface area contributed by atoms with E-state index < -0.39 is 11.9 Å². The van der Waals surface area contributed by atoms with Crippen LogP contribution in [0.1, 0.15) is 26.7 Å². The number of hydrogen-bond donors (Lipinski definition) is 1. The monoisotopic (exact) mass is 233 g/mol. The van der Waals surface area contributed by atoms with Gasteiger partial charge < -0.3 is 10.1 Å². The zero-order valence-electron chi connectivity index (χ0n) is 9.75. The van der Waals surface area contributed by atoms with Crippen molar-refractivity contribution in [2.24, 2.45) is 0 Å². The molecular formula is C10H19NO3S. The van der Waals surface area contributed by atoms with Crippen molar-refractivity contribution in [2.45, 2.75) is 31.4 Å². The zero-order chi connectivity index (χ0) is 11.9. The number of methoxy groups -OCH3 is 1. The predicted molar refractivity (Wildman–Crippen MR) is 61.9 cm³/mol. The lowest BCUT2D eigenvalue weighted by molar-refractivity contribution is -0.152. The molecule has 0 spiro atoms. The zero-order valence-corrected chi connectivity index (χ0v) is 10.6. The summed E-state index contributed by atoms with van der Waals surface area (Å²) in [6.45, 7) is 4.64. The summed E-state index contributed by atoms with van der Waals surface area (Å²) in [7, 11) is 1.20. The van der Waals surface area contributed by atoms with Crippen LogP contribution in [0.4, 0.5) is 0 Å². The van der Waals surface area contributed by atoms with E-state index in [2.05, 4.69) is 23.9 Å². The van der Waals surface area contributed by atoms with Gasteiger partial charge in [-0.05, 0) is 19.1 Å². The highest BCUT2D eigenvalue weighted by atomic mass is 32.2. The number of hydrogen-bond acceptors (Lipinski definition) is 4. The van der Waals surface area contributed by atoms with E-state index in [0.29, 0.717) is 6.54 Å². The van der Waals surface area contributed by atoms with Crippen molar-refractivity contribution < 1.29 is 14.3 Å². The molecule has 0 aromatic rings. The number of nitrogens with one attached hydrogen (secondary N) is 1. The molecule has 0 fully saturated rings. The lowest BCUT2D eigenvalue weighted by Crippen LogP contribution is -2.42. The van der Waals surface area contributed by atoms with Crippen molar-refractivity contribution in [3.8, 4) is 0 Å². The Morgan fingerprint density at radius 3 is 2.20 bits per heavy atom. The molecule has 0 radical (unpaired) electrons. The first kappa shape index (κ1) is 14.3. The molecule has 88 valence electrons. The topological polar surface area (TPSA) is 55.4 Å². The van der Waals surface area contributed by atoms with E-state index in [1.807, 2.05) is 6.26 Å². The molecule has 5 heteroatoms. The molecule has 0 unspecified atom stereocenters. The lowest BCUT2D eigenvalue weighted by Gasteiger charge is -2.29. The maximum absolute atomic E-state index is 11.2. The molecule has 15 heavy (non-hydrogen) atoms. The summed E-state index contributed by atoms with van der Waals surface area (Å²) in [6.07, 6.45) is 3.91. The van der Waals surface area contributed by atoms with Crippen LogP contribution in [0.3, 0.4) is 0 Å². The average Bonchev–Trinajstić information content (AvgIpc) is 2.30. The number of rotatable bonds is 5. The number of carbonyl (C=O) groups excluding carboxylic acids is 2. The molecule has 1 N–H and O–H groups in total. The SMILES string of the molecule is CCC(CC)(CNC(=O)C(=O)OC)SC. The van der Waals surface area contributed by atoms with Crippen molar-refractivity contribution in [3.63, 3.8) is 0 Å². The summed E-state index contributed by atoms with van der Waals surface area (Å²) >= 11 is 1.71. The van der Waals surface area contributed by atoms with Crippen molar-refractivity contribution in [3.05, 3.63) is 0 Å². The van der Waals surface area contributed by atoms with E-state index in [1.165, 1.54) is 7.11 Å². The Bertz CT molecular complexity index is 218. The van der Waals surface area contributed by atoms with Crippen molar-refractivity contribution in [1.29, 1.82) is 0 Å². The number of esters is 1. The molecule has 0 aromatic carbocycles. The lowest BCUT2D eigenvalue weighted by atomic mass is 10.0. The van der Waals surface area contributed by atoms with Gasteiger partial charge in [0.15, 0.2) is 0 Å². The quantitative estimate of drug-likeness (QED) is 0.572. The third kappa shape index (κ3) is 4.11. The van der Waals surface area contributed by atoms with Crippen LogP contribution in [0.15, 0.2) is 0 Å². The Morgan fingerprint density at radius 2 is 1.87 bits per heavy atom. The Morgan fingerprint density at radius 1 is 1.33 bits per heavy atom. The van der Waals surface area contributed by atoms with Crippen LogP contribution < -0.4 is 5.32 Å². The first-order valence-electron chi connectivity index (χ1n) is 4.96. The van der Waals surface area contributed by atoms with Gasteiger partial charge in [0.1, 0.15) is 0 Å². The number of amides is 1. The minimum Gasteiger partial charge on any atom is -0.462 e. The van der Waals surface area contributed by atoms with E-state index in [-0.39, 0.29) is 4.75 Å². The Labute approximate surface area is 95.1 Å². The Kier molecular flexibility index (Phi) is 6.40. The number of carbonyl (C=O) groups is 2. The number of thioether (sulfide) groups is 1. The van der Waals surface area contributed by atoms with Gasteiger partial charge in [-0.1, -0.05) is 13.8 Å². The van der Waals surface area contributed by atoms with Gasteiger partial charge in [-0.2, -0.15) is 11.8 Å². The summed E-state index contributed by atoms with van der Waals surface area (Å²) in [4.78, 5) is 22.0. The molecule has 0 rings (SSSR count). The molecule has 0 atom stereocenters. The first-order valence-corrected chi connectivity index (χ1v) is 6.19. The standard InChI is InChI=1S/C10H19NO3S/c1-5-10(6-2,15-4)7-11-8(12)9(13)14-3/h5-7H2,1-4H3,(H,11,12).